The van der Waals surface area contributed by atoms with E-state index in [1.165, 1.54) is 25.7 Å². The minimum absolute atomic E-state index is 0. The maximum absolute atomic E-state index is 12.0. The fraction of sp³-hybridized carbons (Fsp3) is 0.933. The van der Waals surface area contributed by atoms with Crippen LogP contribution in [0.3, 0.4) is 0 Å². The first-order valence-corrected chi connectivity index (χ1v) is 7.90. The average Bonchev–Trinajstić information content (AvgIpc) is 2.77. The molecular formula is C15H27ClN2O2. The third-order valence-corrected chi connectivity index (χ3v) is 4.97. The number of carbonyl (C=O) groups excluding carboxylic acids is 1. The van der Waals surface area contributed by atoms with Gasteiger partial charge in [-0.3, -0.25) is 4.79 Å². The zero-order valence-corrected chi connectivity index (χ0v) is 12.9. The van der Waals surface area contributed by atoms with Gasteiger partial charge in [0.15, 0.2) is 0 Å². The lowest BCUT2D eigenvalue weighted by Gasteiger charge is -2.29. The molecule has 116 valence electrons. The normalized spacial score (nSPS) is 33.5. The van der Waals surface area contributed by atoms with Gasteiger partial charge in [0.25, 0.3) is 0 Å². The highest BCUT2D eigenvalue weighted by molar-refractivity contribution is 5.85. The second-order valence-corrected chi connectivity index (χ2v) is 6.54. The molecule has 1 amide bonds. The number of halogens is 1. The minimum Gasteiger partial charge on any atom is -0.381 e. The molecule has 3 rings (SSSR count). The highest BCUT2D eigenvalue weighted by Crippen LogP contribution is 2.32. The molecule has 0 aromatic heterocycles. The molecule has 0 aromatic rings. The van der Waals surface area contributed by atoms with Crippen molar-refractivity contribution < 1.29 is 9.53 Å². The van der Waals surface area contributed by atoms with Crippen LogP contribution < -0.4 is 10.6 Å². The number of fused-ring (bicyclic) bond motifs is 2. The zero-order chi connectivity index (χ0) is 13.1. The second-order valence-electron chi connectivity index (χ2n) is 6.54. The molecule has 3 aliphatic heterocycles. The summed E-state index contributed by atoms with van der Waals surface area (Å²) in [7, 11) is 0. The third-order valence-electron chi connectivity index (χ3n) is 4.97. The van der Waals surface area contributed by atoms with Crippen molar-refractivity contribution in [3.8, 4) is 0 Å². The Kier molecular flexibility index (Phi) is 6.12. The predicted octanol–water partition coefficient (Wildman–Crippen LogP) is 1.87. The van der Waals surface area contributed by atoms with E-state index in [0.29, 0.717) is 23.9 Å². The summed E-state index contributed by atoms with van der Waals surface area (Å²) in [6.07, 6.45) is 7.94. The Labute approximate surface area is 127 Å². The molecule has 2 bridgehead atoms. The van der Waals surface area contributed by atoms with Crippen molar-refractivity contribution >= 4 is 18.3 Å². The standard InChI is InChI=1S/C15H26N2O2.ClH/c18-15(16-10-11-3-5-19-6-4-11)9-12-7-13-1-2-14(8-12)17-13;/h11-14,17H,1-10H2,(H,16,18);1H. The Bertz CT molecular complexity index is 309. The van der Waals surface area contributed by atoms with E-state index in [2.05, 4.69) is 10.6 Å². The van der Waals surface area contributed by atoms with Gasteiger partial charge in [-0.1, -0.05) is 0 Å². The molecule has 0 aromatic carbocycles. The maximum Gasteiger partial charge on any atom is 0.220 e. The highest BCUT2D eigenvalue weighted by atomic mass is 35.5. The summed E-state index contributed by atoms with van der Waals surface area (Å²) in [5.74, 6) is 1.49. The van der Waals surface area contributed by atoms with Crippen LogP contribution in [-0.2, 0) is 9.53 Å². The van der Waals surface area contributed by atoms with E-state index in [1.54, 1.807) is 0 Å². The topological polar surface area (TPSA) is 50.4 Å². The SMILES string of the molecule is Cl.O=C(CC1CC2CCC(C1)N2)NCC1CCOCC1. The summed E-state index contributed by atoms with van der Waals surface area (Å²) < 4.78 is 5.34. The summed E-state index contributed by atoms with van der Waals surface area (Å²) in [5.41, 5.74) is 0. The van der Waals surface area contributed by atoms with E-state index in [-0.39, 0.29) is 18.3 Å². The van der Waals surface area contributed by atoms with Crippen LogP contribution in [0.15, 0.2) is 0 Å². The highest BCUT2D eigenvalue weighted by Gasteiger charge is 2.34. The number of amides is 1. The molecule has 20 heavy (non-hydrogen) atoms. The first-order valence-electron chi connectivity index (χ1n) is 7.90. The molecule has 2 atom stereocenters. The molecule has 0 aliphatic carbocycles. The molecule has 3 fully saturated rings. The minimum atomic E-state index is 0. The van der Waals surface area contributed by atoms with Crippen molar-refractivity contribution in [2.75, 3.05) is 19.8 Å². The van der Waals surface area contributed by atoms with Gasteiger partial charge in [0.05, 0.1) is 0 Å². The van der Waals surface area contributed by atoms with E-state index in [0.717, 1.165) is 39.0 Å². The van der Waals surface area contributed by atoms with Gasteiger partial charge in [-0.05, 0) is 50.4 Å². The molecule has 4 nitrogen and oxygen atoms in total. The molecule has 2 N–H and O–H groups in total. The summed E-state index contributed by atoms with van der Waals surface area (Å²) >= 11 is 0. The molecular weight excluding hydrogens is 276 g/mol. The van der Waals surface area contributed by atoms with Gasteiger partial charge in [0.2, 0.25) is 5.91 Å². The third kappa shape index (κ3) is 4.34. The first kappa shape index (κ1) is 16.1. The van der Waals surface area contributed by atoms with Crippen LogP contribution in [0.25, 0.3) is 0 Å². The Morgan fingerprint density at radius 2 is 1.70 bits per heavy atom. The number of nitrogens with one attached hydrogen (secondary N) is 2. The smallest absolute Gasteiger partial charge is 0.220 e. The van der Waals surface area contributed by atoms with Gasteiger partial charge in [-0.15, -0.1) is 12.4 Å². The lowest BCUT2D eigenvalue weighted by Crippen LogP contribution is -2.40. The number of carbonyl (C=O) groups is 1. The summed E-state index contributed by atoms with van der Waals surface area (Å²) in [5, 5.41) is 6.77. The fourth-order valence-electron chi connectivity index (χ4n) is 3.88. The van der Waals surface area contributed by atoms with E-state index in [1.807, 2.05) is 0 Å². The van der Waals surface area contributed by atoms with Gasteiger partial charge in [-0.25, -0.2) is 0 Å². The van der Waals surface area contributed by atoms with Gasteiger partial charge >= 0.3 is 0 Å². The van der Waals surface area contributed by atoms with Crippen LogP contribution in [0.2, 0.25) is 0 Å². The molecule has 0 saturated carbocycles. The quantitative estimate of drug-likeness (QED) is 0.833. The van der Waals surface area contributed by atoms with E-state index in [9.17, 15) is 4.79 Å². The average molecular weight is 303 g/mol. The molecule has 3 heterocycles. The molecule has 2 unspecified atom stereocenters. The molecule has 5 heteroatoms. The number of hydrogen-bond acceptors (Lipinski definition) is 3. The molecule has 3 aliphatic rings. The van der Waals surface area contributed by atoms with E-state index < -0.39 is 0 Å². The van der Waals surface area contributed by atoms with Crippen molar-refractivity contribution in [1.82, 2.24) is 10.6 Å². The van der Waals surface area contributed by atoms with Crippen molar-refractivity contribution in [3.05, 3.63) is 0 Å². The molecule has 3 saturated heterocycles. The van der Waals surface area contributed by atoms with Crippen LogP contribution in [0.1, 0.15) is 44.9 Å². The van der Waals surface area contributed by atoms with Crippen LogP contribution >= 0.6 is 12.4 Å². The predicted molar refractivity (Wildman–Crippen MR) is 81.1 cm³/mol. The largest absolute Gasteiger partial charge is 0.381 e. The maximum atomic E-state index is 12.0. The Morgan fingerprint density at radius 3 is 2.35 bits per heavy atom. The van der Waals surface area contributed by atoms with Crippen LogP contribution in [0.5, 0.6) is 0 Å². The van der Waals surface area contributed by atoms with E-state index in [4.69, 9.17) is 4.74 Å². The lowest BCUT2D eigenvalue weighted by atomic mass is 9.89. The van der Waals surface area contributed by atoms with Gasteiger partial charge in [0, 0.05) is 38.3 Å². The Balaban J connectivity index is 0.00000147. The van der Waals surface area contributed by atoms with Crippen LogP contribution in [0.4, 0.5) is 0 Å². The number of piperidine rings is 1. The van der Waals surface area contributed by atoms with Crippen LogP contribution in [0, 0.1) is 11.8 Å². The zero-order valence-electron chi connectivity index (χ0n) is 12.1. The molecule has 0 spiro atoms. The molecule has 0 radical (unpaired) electrons. The Hall–Kier alpha value is -0.320. The van der Waals surface area contributed by atoms with Crippen LogP contribution in [-0.4, -0.2) is 37.7 Å². The lowest BCUT2D eigenvalue weighted by molar-refractivity contribution is -0.122. The summed E-state index contributed by atoms with van der Waals surface area (Å²) in [6, 6.07) is 1.37. The summed E-state index contributed by atoms with van der Waals surface area (Å²) in [6.45, 7) is 2.57. The second kappa shape index (κ2) is 7.62. The monoisotopic (exact) mass is 302 g/mol. The van der Waals surface area contributed by atoms with Crippen molar-refractivity contribution in [2.45, 2.75) is 57.0 Å². The first-order chi connectivity index (χ1) is 9.29. The number of hydrogen-bond donors (Lipinski definition) is 2. The summed E-state index contributed by atoms with van der Waals surface area (Å²) in [4.78, 5) is 12.0. The van der Waals surface area contributed by atoms with Crippen molar-refractivity contribution in [3.63, 3.8) is 0 Å². The number of rotatable bonds is 4. The van der Waals surface area contributed by atoms with Crippen molar-refractivity contribution in [1.29, 1.82) is 0 Å². The van der Waals surface area contributed by atoms with Gasteiger partial charge < -0.3 is 15.4 Å². The number of ether oxygens (including phenoxy) is 1. The fourth-order valence-corrected chi connectivity index (χ4v) is 3.88. The Morgan fingerprint density at radius 1 is 1.05 bits per heavy atom. The van der Waals surface area contributed by atoms with Gasteiger partial charge in [-0.2, -0.15) is 0 Å². The van der Waals surface area contributed by atoms with Gasteiger partial charge in [0.1, 0.15) is 0 Å². The van der Waals surface area contributed by atoms with Crippen molar-refractivity contribution in [2.24, 2.45) is 11.8 Å². The van der Waals surface area contributed by atoms with E-state index >= 15 is 0 Å².